The average molecular weight is 336 g/mol. The zero-order valence-corrected chi connectivity index (χ0v) is 13.4. The first-order valence-electron chi connectivity index (χ1n) is 8.03. The van der Waals surface area contributed by atoms with E-state index in [0.29, 0.717) is 31.9 Å². The predicted molar refractivity (Wildman–Crippen MR) is 83.5 cm³/mol. The van der Waals surface area contributed by atoms with Gasteiger partial charge in [-0.1, -0.05) is 12.1 Å². The molecule has 3 heterocycles. The lowest BCUT2D eigenvalue weighted by molar-refractivity contribution is -0.145. The minimum Gasteiger partial charge on any atom is -0.504 e. The van der Waals surface area contributed by atoms with Crippen molar-refractivity contribution in [2.45, 2.75) is 36.7 Å². The molecule has 0 aromatic heterocycles. The maximum absolute atomic E-state index is 10.3. The van der Waals surface area contributed by atoms with Gasteiger partial charge in [-0.05, 0) is 35.9 Å². The molecule has 6 heteroatoms. The third-order valence-electron chi connectivity index (χ3n) is 5.51. The molecular formula is C17H18ClNO4. The van der Waals surface area contributed by atoms with Crippen LogP contribution >= 0.6 is 11.8 Å². The van der Waals surface area contributed by atoms with Crippen LogP contribution in [0.5, 0.6) is 11.5 Å². The van der Waals surface area contributed by atoms with E-state index >= 15 is 0 Å². The summed E-state index contributed by atoms with van der Waals surface area (Å²) in [5, 5.41) is 10.3. The van der Waals surface area contributed by atoms with Gasteiger partial charge in [0.25, 0.3) is 0 Å². The zero-order valence-electron chi connectivity index (χ0n) is 12.6. The highest BCUT2D eigenvalue weighted by Gasteiger charge is 2.57. The topological polar surface area (TPSA) is 51.2 Å². The maximum Gasteiger partial charge on any atom is 0.191 e. The fourth-order valence-corrected chi connectivity index (χ4v) is 4.64. The van der Waals surface area contributed by atoms with Crippen LogP contribution in [0.3, 0.4) is 0 Å². The summed E-state index contributed by atoms with van der Waals surface area (Å²) in [5.74, 6) is 0.108. The number of hydrogen-bond donors (Lipinski definition) is 1. The minimum absolute atomic E-state index is 0.115. The Hall–Kier alpha value is -1.27. The van der Waals surface area contributed by atoms with Crippen LogP contribution in [0.1, 0.15) is 24.0 Å². The van der Waals surface area contributed by atoms with Gasteiger partial charge in [-0.3, -0.25) is 0 Å². The summed E-state index contributed by atoms with van der Waals surface area (Å²) < 4.78 is 19.7. The minimum atomic E-state index is -0.680. The van der Waals surface area contributed by atoms with E-state index in [1.54, 1.807) is 10.5 Å². The number of halogens is 1. The average Bonchev–Trinajstić information content (AvgIpc) is 3.08. The Balaban J connectivity index is 1.69. The highest BCUT2D eigenvalue weighted by Crippen LogP contribution is 2.57. The molecule has 0 bridgehead atoms. The van der Waals surface area contributed by atoms with Crippen LogP contribution in [0.4, 0.5) is 0 Å². The van der Waals surface area contributed by atoms with Gasteiger partial charge < -0.3 is 19.3 Å². The molecule has 2 spiro atoms. The van der Waals surface area contributed by atoms with E-state index in [0.717, 1.165) is 24.1 Å². The molecule has 1 fully saturated rings. The Morgan fingerprint density at radius 2 is 2.04 bits per heavy atom. The van der Waals surface area contributed by atoms with Crippen molar-refractivity contribution in [3.63, 3.8) is 0 Å². The molecule has 2 atom stereocenters. The van der Waals surface area contributed by atoms with Crippen molar-refractivity contribution in [1.29, 1.82) is 0 Å². The van der Waals surface area contributed by atoms with Crippen LogP contribution in [-0.4, -0.2) is 41.2 Å². The number of hydrogen-bond acceptors (Lipinski definition) is 5. The van der Waals surface area contributed by atoms with Crippen molar-refractivity contribution in [2.24, 2.45) is 0 Å². The third-order valence-corrected chi connectivity index (χ3v) is 5.80. The van der Waals surface area contributed by atoms with Crippen molar-refractivity contribution in [3.8, 4) is 11.5 Å². The lowest BCUT2D eigenvalue weighted by Crippen LogP contribution is -2.48. The molecule has 122 valence electrons. The van der Waals surface area contributed by atoms with Crippen LogP contribution in [0.15, 0.2) is 24.3 Å². The van der Waals surface area contributed by atoms with Gasteiger partial charge in [0.05, 0.1) is 18.6 Å². The van der Waals surface area contributed by atoms with Crippen LogP contribution in [-0.2, 0) is 21.4 Å². The molecule has 1 aromatic carbocycles. The van der Waals surface area contributed by atoms with E-state index in [9.17, 15) is 5.11 Å². The Labute approximate surface area is 139 Å². The molecule has 2 unspecified atom stereocenters. The molecule has 0 saturated carbocycles. The van der Waals surface area contributed by atoms with E-state index in [-0.39, 0.29) is 17.3 Å². The molecule has 1 aromatic rings. The molecule has 4 aliphatic rings. The molecule has 0 radical (unpaired) electrons. The Morgan fingerprint density at radius 1 is 1.22 bits per heavy atom. The first kappa shape index (κ1) is 14.1. The van der Waals surface area contributed by atoms with Crippen LogP contribution in [0, 0.1) is 0 Å². The molecule has 3 aliphatic heterocycles. The monoisotopic (exact) mass is 335 g/mol. The fourth-order valence-electron chi connectivity index (χ4n) is 4.42. The third kappa shape index (κ3) is 1.85. The maximum atomic E-state index is 10.3. The summed E-state index contributed by atoms with van der Waals surface area (Å²) in [6, 6.07) is 3.64. The van der Waals surface area contributed by atoms with Gasteiger partial charge in [-0.25, -0.2) is 4.42 Å². The van der Waals surface area contributed by atoms with E-state index < -0.39 is 5.79 Å². The Bertz CT molecular complexity index is 700. The number of benzene rings is 1. The van der Waals surface area contributed by atoms with Crippen molar-refractivity contribution in [3.05, 3.63) is 35.4 Å². The van der Waals surface area contributed by atoms with E-state index in [1.165, 1.54) is 0 Å². The predicted octanol–water partition coefficient (Wildman–Crippen LogP) is 2.45. The zero-order chi connectivity index (χ0) is 15.7. The first-order chi connectivity index (χ1) is 11.1. The van der Waals surface area contributed by atoms with E-state index in [2.05, 4.69) is 6.08 Å². The highest BCUT2D eigenvalue weighted by molar-refractivity contribution is 6.13. The van der Waals surface area contributed by atoms with E-state index in [1.807, 2.05) is 12.1 Å². The SMILES string of the molecule is Oc1ccc2c3c1OC1CC4(C=CC31CCN(Cl)C2)OCCO4. The van der Waals surface area contributed by atoms with E-state index in [4.69, 9.17) is 26.0 Å². The number of nitrogens with zero attached hydrogens (tertiary/aromatic N) is 1. The van der Waals surface area contributed by atoms with Crippen LogP contribution in [0.2, 0.25) is 0 Å². The number of aromatic hydroxyl groups is 1. The summed E-state index contributed by atoms with van der Waals surface area (Å²) in [7, 11) is 0. The standard InChI is InChI=1S/C17H18ClNO4/c18-19-6-5-16-3-4-17(21-7-8-22-17)9-13(16)23-15-12(20)2-1-11(10-19)14(15)16/h1-4,13,20H,5-10H2. The highest BCUT2D eigenvalue weighted by atomic mass is 35.5. The Morgan fingerprint density at radius 3 is 2.87 bits per heavy atom. The molecule has 5 nitrogen and oxygen atoms in total. The number of ether oxygens (including phenoxy) is 3. The quantitative estimate of drug-likeness (QED) is 0.583. The summed E-state index contributed by atoms with van der Waals surface area (Å²) in [5.41, 5.74) is 1.92. The van der Waals surface area contributed by atoms with Gasteiger partial charge in [0, 0.05) is 25.1 Å². The van der Waals surface area contributed by atoms with Crippen molar-refractivity contribution < 1.29 is 19.3 Å². The van der Waals surface area contributed by atoms with Crippen molar-refractivity contribution >= 4 is 11.8 Å². The summed E-state index contributed by atoms with van der Waals surface area (Å²) >= 11 is 6.34. The van der Waals surface area contributed by atoms with Gasteiger partial charge in [0.1, 0.15) is 6.10 Å². The van der Waals surface area contributed by atoms with Crippen molar-refractivity contribution in [1.82, 2.24) is 4.42 Å². The fraction of sp³-hybridized carbons (Fsp3) is 0.529. The second-order valence-electron chi connectivity index (χ2n) is 6.74. The van der Waals surface area contributed by atoms with Gasteiger partial charge in [-0.2, -0.15) is 0 Å². The lowest BCUT2D eigenvalue weighted by Gasteiger charge is -2.40. The number of phenolic OH excluding ortho intramolecular Hbond substituents is 1. The molecule has 1 aliphatic carbocycles. The molecule has 5 rings (SSSR count). The van der Waals surface area contributed by atoms with Gasteiger partial charge in [0.2, 0.25) is 0 Å². The number of rotatable bonds is 0. The second-order valence-corrected chi connectivity index (χ2v) is 7.21. The Kier molecular flexibility index (Phi) is 2.84. The number of phenols is 1. The second kappa shape index (κ2) is 4.63. The molecule has 23 heavy (non-hydrogen) atoms. The van der Waals surface area contributed by atoms with Crippen molar-refractivity contribution in [2.75, 3.05) is 19.8 Å². The molecule has 1 N–H and O–H groups in total. The van der Waals surface area contributed by atoms with Crippen LogP contribution in [0.25, 0.3) is 0 Å². The lowest BCUT2D eigenvalue weighted by atomic mass is 9.68. The van der Waals surface area contributed by atoms with Gasteiger partial charge in [-0.15, -0.1) is 0 Å². The molecule has 1 saturated heterocycles. The largest absolute Gasteiger partial charge is 0.504 e. The van der Waals surface area contributed by atoms with Crippen LogP contribution < -0.4 is 4.74 Å². The smallest absolute Gasteiger partial charge is 0.191 e. The first-order valence-corrected chi connectivity index (χ1v) is 8.37. The molecular weight excluding hydrogens is 318 g/mol. The summed E-state index contributed by atoms with van der Waals surface area (Å²) in [6.45, 7) is 2.61. The van der Waals surface area contributed by atoms with Gasteiger partial charge >= 0.3 is 0 Å². The van der Waals surface area contributed by atoms with Gasteiger partial charge in [0.15, 0.2) is 17.3 Å². The summed E-state index contributed by atoms with van der Waals surface area (Å²) in [6.07, 6.45) is 5.55. The normalized spacial score (nSPS) is 34.0. The molecule has 0 amide bonds. The summed E-state index contributed by atoms with van der Waals surface area (Å²) in [4.78, 5) is 0.